The molecule has 1 fully saturated rings. The molecule has 1 amide bonds. The van der Waals surface area contributed by atoms with E-state index in [1.807, 2.05) is 20.8 Å². The molecule has 1 saturated heterocycles. The molecule has 1 aromatic carbocycles. The first-order chi connectivity index (χ1) is 9.79. The number of nitro benzene ring substituents is 1. The Kier molecular flexibility index (Phi) is 5.91. The van der Waals surface area contributed by atoms with Crippen molar-refractivity contribution in [1.29, 1.82) is 0 Å². The third kappa shape index (κ3) is 4.18. The first-order valence-electron chi connectivity index (χ1n) is 7.07. The SMILES string of the molecule is CC(C)(C)c1ccc(C(=O)NCC2CNC2)cc1[N+](=O)[O-].Cl. The number of rotatable bonds is 4. The molecule has 6 nitrogen and oxygen atoms in total. The van der Waals surface area contributed by atoms with Crippen LogP contribution in [-0.2, 0) is 5.41 Å². The van der Waals surface area contributed by atoms with E-state index in [9.17, 15) is 14.9 Å². The normalized spacial score (nSPS) is 14.7. The topological polar surface area (TPSA) is 84.3 Å². The van der Waals surface area contributed by atoms with Crippen molar-refractivity contribution in [3.05, 3.63) is 39.4 Å². The van der Waals surface area contributed by atoms with Gasteiger partial charge in [0.1, 0.15) is 0 Å². The number of nitrogens with zero attached hydrogens (tertiary/aromatic N) is 1. The maximum atomic E-state index is 12.1. The maximum absolute atomic E-state index is 12.1. The first-order valence-corrected chi connectivity index (χ1v) is 7.07. The first kappa shape index (κ1) is 18.4. The number of hydrogen-bond acceptors (Lipinski definition) is 4. The molecule has 22 heavy (non-hydrogen) atoms. The third-order valence-electron chi connectivity index (χ3n) is 3.68. The van der Waals surface area contributed by atoms with E-state index in [0.29, 0.717) is 23.6 Å². The van der Waals surface area contributed by atoms with Crippen molar-refractivity contribution in [2.75, 3.05) is 19.6 Å². The van der Waals surface area contributed by atoms with E-state index in [-0.39, 0.29) is 29.4 Å². The Morgan fingerprint density at radius 3 is 2.50 bits per heavy atom. The van der Waals surface area contributed by atoms with Gasteiger partial charge in [-0.15, -0.1) is 12.4 Å². The number of halogens is 1. The van der Waals surface area contributed by atoms with Gasteiger partial charge in [-0.05, 0) is 11.5 Å². The summed E-state index contributed by atoms with van der Waals surface area (Å²) in [7, 11) is 0. The van der Waals surface area contributed by atoms with Crippen LogP contribution >= 0.6 is 12.4 Å². The lowest BCUT2D eigenvalue weighted by molar-refractivity contribution is -0.386. The van der Waals surface area contributed by atoms with Crippen LogP contribution in [0.2, 0.25) is 0 Å². The molecule has 0 saturated carbocycles. The van der Waals surface area contributed by atoms with Gasteiger partial charge in [-0.25, -0.2) is 0 Å². The lowest BCUT2D eigenvalue weighted by Crippen LogP contribution is -2.48. The minimum absolute atomic E-state index is 0. The van der Waals surface area contributed by atoms with Crippen LogP contribution in [0.15, 0.2) is 18.2 Å². The average Bonchev–Trinajstić information content (AvgIpc) is 2.34. The molecule has 0 aromatic heterocycles. The van der Waals surface area contributed by atoms with Crippen molar-refractivity contribution < 1.29 is 9.72 Å². The molecule has 0 bridgehead atoms. The predicted octanol–water partition coefficient (Wildman–Crippen LogP) is 2.26. The van der Waals surface area contributed by atoms with Crippen molar-refractivity contribution >= 4 is 24.0 Å². The highest BCUT2D eigenvalue weighted by Gasteiger charge is 2.26. The molecular weight excluding hydrogens is 306 g/mol. The predicted molar refractivity (Wildman–Crippen MR) is 87.7 cm³/mol. The summed E-state index contributed by atoms with van der Waals surface area (Å²) < 4.78 is 0. The quantitative estimate of drug-likeness (QED) is 0.656. The molecule has 1 aliphatic rings. The van der Waals surface area contributed by atoms with Gasteiger partial charge in [-0.2, -0.15) is 0 Å². The fourth-order valence-corrected chi connectivity index (χ4v) is 2.29. The van der Waals surface area contributed by atoms with Crippen molar-refractivity contribution in [2.24, 2.45) is 5.92 Å². The average molecular weight is 328 g/mol. The summed E-state index contributed by atoms with van der Waals surface area (Å²) in [6.45, 7) is 8.16. The van der Waals surface area contributed by atoms with Gasteiger partial charge >= 0.3 is 0 Å². The number of nitro groups is 1. The Balaban J connectivity index is 0.00000242. The zero-order valence-corrected chi connectivity index (χ0v) is 13.8. The Labute approximate surface area is 136 Å². The van der Waals surface area contributed by atoms with E-state index in [1.165, 1.54) is 6.07 Å². The van der Waals surface area contributed by atoms with Crippen LogP contribution in [0.4, 0.5) is 5.69 Å². The number of amides is 1. The second-order valence-electron chi connectivity index (χ2n) is 6.47. The zero-order chi connectivity index (χ0) is 15.6. The number of hydrogen-bond donors (Lipinski definition) is 2. The van der Waals surface area contributed by atoms with Crippen LogP contribution in [0.5, 0.6) is 0 Å². The summed E-state index contributed by atoms with van der Waals surface area (Å²) in [4.78, 5) is 22.9. The van der Waals surface area contributed by atoms with E-state index >= 15 is 0 Å². The largest absolute Gasteiger partial charge is 0.352 e. The maximum Gasteiger partial charge on any atom is 0.273 e. The second kappa shape index (κ2) is 7.07. The van der Waals surface area contributed by atoms with Crippen LogP contribution in [0.3, 0.4) is 0 Å². The molecule has 7 heteroatoms. The lowest BCUT2D eigenvalue weighted by atomic mass is 9.85. The van der Waals surface area contributed by atoms with Gasteiger partial charge in [0.15, 0.2) is 0 Å². The Morgan fingerprint density at radius 2 is 2.05 bits per heavy atom. The Bertz CT molecular complexity index is 566. The van der Waals surface area contributed by atoms with Gasteiger partial charge in [0.05, 0.1) is 4.92 Å². The summed E-state index contributed by atoms with van der Waals surface area (Å²) in [5.74, 6) is 0.197. The van der Waals surface area contributed by atoms with E-state index in [1.54, 1.807) is 12.1 Å². The molecular formula is C15H22ClN3O3. The van der Waals surface area contributed by atoms with E-state index < -0.39 is 4.92 Å². The summed E-state index contributed by atoms with van der Waals surface area (Å²) in [6.07, 6.45) is 0. The summed E-state index contributed by atoms with van der Waals surface area (Å²) in [5, 5.41) is 17.2. The minimum Gasteiger partial charge on any atom is -0.352 e. The van der Waals surface area contributed by atoms with Crippen LogP contribution in [0.25, 0.3) is 0 Å². The van der Waals surface area contributed by atoms with Crippen molar-refractivity contribution in [3.63, 3.8) is 0 Å². The number of nitrogens with one attached hydrogen (secondary N) is 2. The highest BCUT2D eigenvalue weighted by Crippen LogP contribution is 2.31. The molecule has 2 N–H and O–H groups in total. The minimum atomic E-state index is -0.423. The summed E-state index contributed by atoms with van der Waals surface area (Å²) >= 11 is 0. The Hall–Kier alpha value is -1.66. The lowest BCUT2D eigenvalue weighted by Gasteiger charge is -2.27. The highest BCUT2D eigenvalue weighted by molar-refractivity contribution is 5.95. The third-order valence-corrected chi connectivity index (χ3v) is 3.68. The van der Waals surface area contributed by atoms with Crippen LogP contribution in [0.1, 0.15) is 36.7 Å². The molecule has 122 valence electrons. The molecule has 2 rings (SSSR count). The van der Waals surface area contributed by atoms with Crippen LogP contribution in [0, 0.1) is 16.0 Å². The van der Waals surface area contributed by atoms with E-state index in [0.717, 1.165) is 13.1 Å². The molecule has 0 radical (unpaired) electrons. The van der Waals surface area contributed by atoms with Crippen molar-refractivity contribution in [3.8, 4) is 0 Å². The molecule has 0 unspecified atom stereocenters. The van der Waals surface area contributed by atoms with Gasteiger partial charge < -0.3 is 10.6 Å². The van der Waals surface area contributed by atoms with Gasteiger partial charge in [0.2, 0.25) is 0 Å². The second-order valence-corrected chi connectivity index (χ2v) is 6.47. The smallest absolute Gasteiger partial charge is 0.273 e. The highest BCUT2D eigenvalue weighted by atomic mass is 35.5. The zero-order valence-electron chi connectivity index (χ0n) is 13.0. The molecule has 1 heterocycles. The van der Waals surface area contributed by atoms with Gasteiger partial charge in [-0.1, -0.05) is 26.8 Å². The van der Waals surface area contributed by atoms with Gasteiger partial charge in [0, 0.05) is 42.7 Å². The monoisotopic (exact) mass is 327 g/mol. The fraction of sp³-hybridized carbons (Fsp3) is 0.533. The van der Waals surface area contributed by atoms with Crippen molar-refractivity contribution in [1.82, 2.24) is 10.6 Å². The molecule has 1 aliphatic heterocycles. The molecule has 0 atom stereocenters. The molecule has 1 aromatic rings. The Morgan fingerprint density at radius 1 is 1.41 bits per heavy atom. The summed E-state index contributed by atoms with van der Waals surface area (Å²) in [5.41, 5.74) is 0.629. The van der Waals surface area contributed by atoms with Gasteiger partial charge in [-0.3, -0.25) is 14.9 Å². The number of benzene rings is 1. The number of carbonyl (C=O) groups excluding carboxylic acids is 1. The van der Waals surface area contributed by atoms with E-state index in [2.05, 4.69) is 10.6 Å². The molecule has 0 aliphatic carbocycles. The van der Waals surface area contributed by atoms with Crippen molar-refractivity contribution in [2.45, 2.75) is 26.2 Å². The molecule has 0 spiro atoms. The number of carbonyl (C=O) groups is 1. The standard InChI is InChI=1S/C15H21N3O3.ClH/c1-15(2,3)12-5-4-11(6-13(12)18(20)21)14(19)17-9-10-7-16-8-10;/h4-6,10,16H,7-9H2,1-3H3,(H,17,19);1H. The van der Waals surface area contributed by atoms with E-state index in [4.69, 9.17) is 0 Å². The van der Waals surface area contributed by atoms with Gasteiger partial charge in [0.25, 0.3) is 11.6 Å². The van der Waals surface area contributed by atoms with Crippen LogP contribution < -0.4 is 10.6 Å². The summed E-state index contributed by atoms with van der Waals surface area (Å²) in [6, 6.07) is 4.70. The van der Waals surface area contributed by atoms with Crippen LogP contribution in [-0.4, -0.2) is 30.5 Å². The fourth-order valence-electron chi connectivity index (χ4n) is 2.29.